The Bertz CT molecular complexity index is 1500. The summed E-state index contributed by atoms with van der Waals surface area (Å²) in [5.41, 5.74) is -1.84. The number of ether oxygens (including phenoxy) is 5. The van der Waals surface area contributed by atoms with Crippen LogP contribution in [0.2, 0.25) is 0 Å². The van der Waals surface area contributed by atoms with Gasteiger partial charge >= 0.3 is 11.9 Å². The van der Waals surface area contributed by atoms with Gasteiger partial charge in [0.05, 0.1) is 29.8 Å². The number of aliphatic hydroxyl groups is 7. The normalized spacial score (nSPS) is 45.1. The lowest BCUT2D eigenvalue weighted by molar-refractivity contribution is -0.320. The van der Waals surface area contributed by atoms with Gasteiger partial charge < -0.3 is 64.5 Å². The average Bonchev–Trinajstić information content (AvgIpc) is 3.33. The number of carbonyl (C=O) groups excluding carboxylic acids is 1. The van der Waals surface area contributed by atoms with E-state index in [1.807, 2.05) is 0 Å². The van der Waals surface area contributed by atoms with Crippen molar-refractivity contribution < 1.29 is 74.1 Å². The Morgan fingerprint density at radius 3 is 2.26 bits per heavy atom. The first-order valence-electron chi connectivity index (χ1n) is 21.5. The minimum absolute atomic E-state index is 0.0380. The van der Waals surface area contributed by atoms with E-state index in [0.717, 1.165) is 38.5 Å². The van der Waals surface area contributed by atoms with Crippen LogP contribution in [0, 0.1) is 45.8 Å². The number of aliphatic carboxylic acids is 1. The number of aliphatic hydroxyl groups excluding tert-OH is 6. The molecule has 0 aromatic heterocycles. The first-order valence-corrected chi connectivity index (χ1v) is 21.5. The Kier molecular flexibility index (Phi) is 13.6. The van der Waals surface area contributed by atoms with Gasteiger partial charge in [-0.1, -0.05) is 39.3 Å². The summed E-state index contributed by atoms with van der Waals surface area (Å²) in [7, 11) is 0. The van der Waals surface area contributed by atoms with Crippen molar-refractivity contribution in [1.82, 2.24) is 0 Å². The van der Waals surface area contributed by atoms with Gasteiger partial charge in [-0.2, -0.15) is 0 Å². The molecule has 332 valence electrons. The predicted molar refractivity (Wildman–Crippen MR) is 206 cm³/mol. The van der Waals surface area contributed by atoms with Crippen LogP contribution < -0.4 is 0 Å². The molecule has 2 saturated heterocycles. The van der Waals surface area contributed by atoms with E-state index in [4.69, 9.17) is 23.7 Å². The van der Waals surface area contributed by atoms with Gasteiger partial charge in [-0.15, -0.1) is 0 Å². The molecule has 6 aliphatic rings. The van der Waals surface area contributed by atoms with Crippen molar-refractivity contribution in [2.45, 2.75) is 186 Å². The lowest BCUT2D eigenvalue weighted by Crippen LogP contribution is -2.60. The van der Waals surface area contributed by atoms with E-state index in [2.05, 4.69) is 33.8 Å². The van der Waals surface area contributed by atoms with E-state index in [-0.39, 0.29) is 42.8 Å². The molecular weight excluding hydrogens is 756 g/mol. The molecule has 0 unspecified atom stereocenters. The number of carbonyl (C=O) groups is 2. The van der Waals surface area contributed by atoms with Gasteiger partial charge in [0.2, 0.25) is 0 Å². The van der Waals surface area contributed by atoms with Gasteiger partial charge in [-0.3, -0.25) is 9.59 Å². The Hall–Kier alpha value is -1.76. The predicted octanol–water partition coefficient (Wildman–Crippen LogP) is 2.42. The summed E-state index contributed by atoms with van der Waals surface area (Å²) in [4.78, 5) is 25.3. The summed E-state index contributed by atoms with van der Waals surface area (Å²) < 4.78 is 28.9. The Morgan fingerprint density at radius 2 is 1.60 bits per heavy atom. The molecule has 0 aromatic rings. The van der Waals surface area contributed by atoms with Crippen LogP contribution in [0.15, 0.2) is 11.6 Å². The third kappa shape index (κ3) is 8.28. The van der Waals surface area contributed by atoms with Crippen molar-refractivity contribution in [3.8, 4) is 0 Å². The Balaban J connectivity index is 1.15. The fourth-order valence-corrected chi connectivity index (χ4v) is 12.4. The molecule has 0 spiro atoms. The van der Waals surface area contributed by atoms with Crippen molar-refractivity contribution in [3.05, 3.63) is 11.6 Å². The smallest absolute Gasteiger partial charge is 0.310 e. The first kappa shape index (κ1) is 45.8. The van der Waals surface area contributed by atoms with Crippen molar-refractivity contribution >= 4 is 11.9 Å². The minimum atomic E-state index is -1.56. The molecule has 0 radical (unpaired) electrons. The second-order valence-electron chi connectivity index (χ2n) is 19.9. The maximum atomic E-state index is 13.8. The van der Waals surface area contributed by atoms with Crippen LogP contribution in [0.1, 0.15) is 113 Å². The quantitative estimate of drug-likeness (QED) is 0.104. The van der Waals surface area contributed by atoms with Crippen molar-refractivity contribution in [2.24, 2.45) is 45.8 Å². The van der Waals surface area contributed by atoms with Crippen molar-refractivity contribution in [3.63, 3.8) is 0 Å². The molecule has 58 heavy (non-hydrogen) atoms. The zero-order chi connectivity index (χ0) is 42.7. The number of rotatable bonds is 12. The highest BCUT2D eigenvalue weighted by Crippen LogP contribution is 2.71. The molecule has 8 N–H and O–H groups in total. The molecule has 0 aromatic carbocycles. The third-order valence-corrected chi connectivity index (χ3v) is 15.9. The third-order valence-electron chi connectivity index (χ3n) is 15.9. The molecule has 18 atom stereocenters. The van der Waals surface area contributed by atoms with Crippen LogP contribution in [0.5, 0.6) is 0 Å². The number of hydrogen-bond acceptors (Lipinski definition) is 14. The highest BCUT2D eigenvalue weighted by Gasteiger charge is 2.69. The highest BCUT2D eigenvalue weighted by atomic mass is 16.7. The number of esters is 1. The van der Waals surface area contributed by atoms with E-state index in [1.165, 1.54) is 12.5 Å². The molecule has 15 heteroatoms. The number of carboxylic acid groups (broad SMARTS) is 1. The van der Waals surface area contributed by atoms with E-state index in [1.54, 1.807) is 13.8 Å². The molecule has 15 nitrogen and oxygen atoms in total. The largest absolute Gasteiger partial charge is 0.481 e. The standard InChI is InChI=1S/C43H70O15/c1-21(8-12-31(41(5,6)53)58-37-35(49)32(46)28(45)19-55-37)25-15-17-43(39(51)52)27-11-10-26-23(18-24(27)14-16-42(25,43)7)9-13-30(40(26,3)4)57-38-36(50)34(48)33(47)29(56-38)20-54-22(2)44/h9,21,24-38,45-50,53H,8,10-20H2,1-7H3,(H,51,52)/t21-,24-,25-,26-,27-,28+,29-,30-,31+,32+,33-,34+,35-,36-,37+,38+,42-,43+/m1/s1. The molecule has 5 fully saturated rings. The number of carboxylic acids is 1. The lowest BCUT2D eigenvalue weighted by Gasteiger charge is -2.55. The summed E-state index contributed by atoms with van der Waals surface area (Å²) in [6, 6.07) is 0. The maximum absolute atomic E-state index is 13.8. The minimum Gasteiger partial charge on any atom is -0.481 e. The molecule has 3 saturated carbocycles. The summed E-state index contributed by atoms with van der Waals surface area (Å²) >= 11 is 0. The van der Waals surface area contributed by atoms with Crippen LogP contribution in [0.4, 0.5) is 0 Å². The topological polar surface area (TPSA) is 242 Å². The maximum Gasteiger partial charge on any atom is 0.310 e. The zero-order valence-corrected chi connectivity index (χ0v) is 35.2. The summed E-state index contributed by atoms with van der Waals surface area (Å²) in [6.07, 6.45) is -4.32. The number of fused-ring (bicyclic) bond motifs is 4. The zero-order valence-electron chi connectivity index (χ0n) is 35.2. The summed E-state index contributed by atoms with van der Waals surface area (Å²) in [5.74, 6) is -0.848. The molecule has 4 aliphatic carbocycles. The van der Waals surface area contributed by atoms with Crippen LogP contribution in [0.25, 0.3) is 0 Å². The summed E-state index contributed by atoms with van der Waals surface area (Å²) in [5, 5.41) is 85.1. The van der Waals surface area contributed by atoms with Gasteiger partial charge in [0.1, 0.15) is 49.3 Å². The lowest BCUT2D eigenvalue weighted by atomic mass is 9.47. The van der Waals surface area contributed by atoms with Gasteiger partial charge in [-0.25, -0.2) is 0 Å². The molecule has 6 rings (SSSR count). The number of allylic oxidation sites excluding steroid dienone is 1. The van der Waals surface area contributed by atoms with Crippen molar-refractivity contribution in [2.75, 3.05) is 13.2 Å². The SMILES string of the molecule is CC(=O)OC[C@H]1O[C@@H](O[C@@H]2CC=C3C[C@H]4CC[C@]5(C)[C@@H]([C@H](C)CC[C@H](O[C@@H]6OC[C@H](O)[C@H](O)[C@H]6O)C(C)(C)O)CC[C@@]5(C(=O)O)[C@@H]4CC[C@H]3C2(C)C)[C@H](O)[C@@H](O)[C@@H]1O. The van der Waals surface area contributed by atoms with Gasteiger partial charge in [0.25, 0.3) is 0 Å². The van der Waals surface area contributed by atoms with Gasteiger partial charge in [0, 0.05) is 6.92 Å². The molecule has 0 amide bonds. The molecular formula is C43H70O15. The fourth-order valence-electron chi connectivity index (χ4n) is 12.4. The average molecular weight is 827 g/mol. The molecule has 0 bridgehead atoms. The number of hydrogen-bond donors (Lipinski definition) is 8. The van der Waals surface area contributed by atoms with Gasteiger partial charge in [-0.05, 0) is 118 Å². The summed E-state index contributed by atoms with van der Waals surface area (Å²) in [6.45, 7) is 12.6. The Morgan fingerprint density at radius 1 is 0.914 bits per heavy atom. The van der Waals surface area contributed by atoms with Crippen LogP contribution in [0.3, 0.4) is 0 Å². The Labute approximate surface area is 342 Å². The van der Waals surface area contributed by atoms with Crippen LogP contribution in [-0.4, -0.2) is 139 Å². The van der Waals surface area contributed by atoms with E-state index in [0.29, 0.717) is 25.7 Å². The van der Waals surface area contributed by atoms with E-state index >= 15 is 0 Å². The van der Waals surface area contributed by atoms with Gasteiger partial charge in [0.15, 0.2) is 12.6 Å². The van der Waals surface area contributed by atoms with Crippen molar-refractivity contribution in [1.29, 1.82) is 0 Å². The monoisotopic (exact) mass is 826 g/mol. The van der Waals surface area contributed by atoms with E-state index < -0.39 is 101 Å². The first-order chi connectivity index (χ1) is 27.0. The molecule has 2 aliphatic heterocycles. The fraction of sp³-hybridized carbons (Fsp3) is 0.907. The second kappa shape index (κ2) is 17.2. The van der Waals surface area contributed by atoms with E-state index in [9.17, 15) is 50.4 Å². The van der Waals surface area contributed by atoms with Crippen LogP contribution in [-0.2, 0) is 33.3 Å². The van der Waals surface area contributed by atoms with Crippen LogP contribution >= 0.6 is 0 Å². The highest BCUT2D eigenvalue weighted by molar-refractivity contribution is 5.77. The molecule has 2 heterocycles. The second-order valence-corrected chi connectivity index (χ2v) is 19.9.